The van der Waals surface area contributed by atoms with Gasteiger partial charge in [0, 0.05) is 0 Å². The molecule has 0 fully saturated rings. The summed E-state index contributed by atoms with van der Waals surface area (Å²) in [5, 5.41) is 0. The summed E-state index contributed by atoms with van der Waals surface area (Å²) in [4.78, 5) is 7.04. The molecule has 0 N–H and O–H groups in total. The van der Waals surface area contributed by atoms with Crippen LogP contribution in [0.25, 0.3) is 0 Å². The van der Waals surface area contributed by atoms with E-state index in [1.807, 2.05) is 0 Å². The van der Waals surface area contributed by atoms with Gasteiger partial charge >= 0.3 is 37.7 Å². The van der Waals surface area contributed by atoms with Gasteiger partial charge in [0.2, 0.25) is 0 Å². The molecule has 4 heteroatoms. The van der Waals surface area contributed by atoms with E-state index in [1.54, 1.807) is 0 Å². The van der Waals surface area contributed by atoms with Crippen molar-refractivity contribution in [3.63, 3.8) is 0 Å². The topological polar surface area (TPSA) is 27.0 Å². The Morgan fingerprint density at radius 1 is 1.43 bits per heavy atom. The molecule has 0 saturated carbocycles. The van der Waals surface area contributed by atoms with Gasteiger partial charge in [-0.15, -0.1) is 0 Å². The first-order chi connectivity index (χ1) is 2.50. The molecule has 0 spiro atoms. The van der Waals surface area contributed by atoms with Crippen LogP contribution in [0.2, 0.25) is 0 Å². The number of nitrogens with zero attached hydrogens (tertiary/aromatic N) is 2. The minimum Gasteiger partial charge on any atom is -0.643 e. The Bertz CT molecular complexity index is 67.4. The van der Waals surface area contributed by atoms with Crippen LogP contribution in [0.5, 0.6) is 0 Å². The van der Waals surface area contributed by atoms with Gasteiger partial charge in [-0.25, -0.2) is 0 Å². The molecule has 0 unspecified atom stereocenters. The fourth-order valence-corrected chi connectivity index (χ4v) is 0.167. The van der Waals surface area contributed by atoms with E-state index in [9.17, 15) is 0 Å². The summed E-state index contributed by atoms with van der Waals surface area (Å²) in [6.07, 6.45) is 5.46. The predicted octanol–water partition coefficient (Wildman–Crippen LogP) is -6.15. The van der Waals surface area contributed by atoms with E-state index in [4.69, 9.17) is 0 Å². The molecule has 0 amide bonds. The number of imidazole rings is 1. The molecule has 1 aromatic rings. The summed E-state index contributed by atoms with van der Waals surface area (Å²) >= 11 is 0. The zero-order valence-electron chi connectivity index (χ0n) is 4.55. The first-order valence-corrected chi connectivity index (χ1v) is 1.29. The molecule has 0 atom stereocenters. The van der Waals surface area contributed by atoms with Gasteiger partial charge in [-0.1, -0.05) is 0 Å². The molecule has 0 bridgehead atoms. The Labute approximate surface area is 66.5 Å². The molecule has 1 rings (SSSR count). The van der Waals surface area contributed by atoms with Crippen LogP contribution in [0, 0.1) is 6.20 Å². The summed E-state index contributed by atoms with van der Waals surface area (Å²) in [7, 11) is 0. The third-order valence-corrected chi connectivity index (χ3v) is 0.331. The summed E-state index contributed by atoms with van der Waals surface area (Å²) in [6, 6.07) is 0. The molecule has 26 valence electrons. The maximum Gasteiger partial charge on any atom is 1.00 e. The van der Waals surface area contributed by atoms with Crippen LogP contribution < -0.4 is 42.7 Å². The summed E-state index contributed by atoms with van der Waals surface area (Å²) in [6.45, 7) is 0. The molecule has 0 aromatic carbocycles. The maximum absolute atomic E-state index is 3.56. The van der Waals surface area contributed by atoms with Gasteiger partial charge in [-0.2, -0.15) is 6.20 Å². The van der Waals surface area contributed by atoms with Crippen molar-refractivity contribution in [1.82, 2.24) is 9.97 Å². The number of hydrogen-bond donors (Lipinski definition) is 0. The summed E-state index contributed by atoms with van der Waals surface area (Å²) < 4.78 is 0. The molecule has 0 aliphatic rings. The molecular weight excluding hydrogens is 77.9 g/mol. The average molecular weight is 79.9 g/mol. The minimum absolute atomic E-state index is 0. The van der Waals surface area contributed by atoms with Crippen LogP contribution in [0.4, 0.5) is 0 Å². The molecule has 7 heavy (non-hydrogen) atoms. The monoisotopic (exact) mass is 80.1 g/mol. The van der Waals surface area contributed by atoms with Crippen molar-refractivity contribution < 1.29 is 37.7 Å². The standard InChI is InChI=1S/C3H2N2.2Li/c1-2-5-3-4-1;;/h1,3H;;/q-2;2*+1. The smallest absolute Gasteiger partial charge is 0.643 e. The minimum atomic E-state index is 0. The van der Waals surface area contributed by atoms with Crippen molar-refractivity contribution in [2.45, 2.75) is 0 Å². The summed E-state index contributed by atoms with van der Waals surface area (Å²) in [5.74, 6) is 0. The number of aromatic nitrogens is 2. The van der Waals surface area contributed by atoms with Gasteiger partial charge in [-0.3, -0.25) is 12.5 Å². The van der Waals surface area contributed by atoms with Crippen LogP contribution in [0.15, 0.2) is 12.5 Å². The normalized spacial score (nSPS) is 5.71. The van der Waals surface area contributed by atoms with E-state index in [-0.39, 0.29) is 37.7 Å². The second kappa shape index (κ2) is 6.40. The van der Waals surface area contributed by atoms with Crippen LogP contribution in [0.3, 0.4) is 0 Å². The van der Waals surface area contributed by atoms with Crippen LogP contribution in [-0.2, 0) is 0 Å². The fraction of sp³-hybridized carbons (Fsp3) is 0. The van der Waals surface area contributed by atoms with Crippen molar-refractivity contribution in [3.05, 3.63) is 18.7 Å². The van der Waals surface area contributed by atoms with Crippen LogP contribution in [0.1, 0.15) is 0 Å². The zero-order valence-corrected chi connectivity index (χ0v) is 4.55. The van der Waals surface area contributed by atoms with Crippen molar-refractivity contribution in [2.24, 2.45) is 0 Å². The molecule has 1 aromatic heterocycles. The van der Waals surface area contributed by atoms with Gasteiger partial charge in [0.1, 0.15) is 0 Å². The van der Waals surface area contributed by atoms with Gasteiger partial charge < -0.3 is 9.97 Å². The SMILES string of the molecule is [Li+].[Li+].[c-]1c[n-]cn1. The molecule has 0 aliphatic heterocycles. The van der Waals surface area contributed by atoms with Crippen molar-refractivity contribution in [1.29, 1.82) is 0 Å². The zero-order chi connectivity index (χ0) is 3.54. The largest absolute Gasteiger partial charge is 1.00 e. The van der Waals surface area contributed by atoms with Gasteiger partial charge in [0.25, 0.3) is 0 Å². The van der Waals surface area contributed by atoms with Crippen LogP contribution >= 0.6 is 0 Å². The molecule has 1 heterocycles. The maximum atomic E-state index is 3.56. The van der Waals surface area contributed by atoms with Gasteiger partial charge in [0.15, 0.2) is 0 Å². The first-order valence-electron chi connectivity index (χ1n) is 1.29. The van der Waals surface area contributed by atoms with E-state index >= 15 is 0 Å². The van der Waals surface area contributed by atoms with Gasteiger partial charge in [-0.05, 0) is 0 Å². The fourth-order valence-electron chi connectivity index (χ4n) is 0.167. The average Bonchev–Trinajstić information content (AvgIpc) is 1.76. The van der Waals surface area contributed by atoms with E-state index < -0.39 is 0 Å². The Hall–Kier alpha value is 0.405. The van der Waals surface area contributed by atoms with Crippen LogP contribution in [-0.4, -0.2) is 4.98 Å². The molecular formula is C3H2Li2N2. The van der Waals surface area contributed by atoms with Crippen molar-refractivity contribution >= 4 is 0 Å². The molecule has 2 nitrogen and oxygen atoms in total. The second-order valence-electron chi connectivity index (χ2n) is 0.652. The van der Waals surface area contributed by atoms with Crippen molar-refractivity contribution in [2.75, 3.05) is 0 Å². The summed E-state index contributed by atoms with van der Waals surface area (Å²) in [5.41, 5.74) is 0. The Balaban J connectivity index is 0. The van der Waals surface area contributed by atoms with Gasteiger partial charge in [0.05, 0.1) is 0 Å². The Kier molecular flexibility index (Phi) is 9.51. The van der Waals surface area contributed by atoms with E-state index in [1.165, 1.54) is 12.5 Å². The van der Waals surface area contributed by atoms with E-state index in [0.29, 0.717) is 0 Å². The third-order valence-electron chi connectivity index (χ3n) is 0.331. The molecule has 0 radical (unpaired) electrons. The number of rotatable bonds is 0. The second-order valence-corrected chi connectivity index (χ2v) is 0.652. The molecule has 0 saturated heterocycles. The van der Waals surface area contributed by atoms with E-state index in [0.717, 1.165) is 0 Å². The van der Waals surface area contributed by atoms with E-state index in [2.05, 4.69) is 16.2 Å². The quantitative estimate of drug-likeness (QED) is 0.229. The Morgan fingerprint density at radius 3 is 2.29 bits per heavy atom. The number of hydrogen-bond acceptors (Lipinski definition) is 1. The Morgan fingerprint density at radius 2 is 2.14 bits per heavy atom. The molecule has 0 aliphatic carbocycles. The first kappa shape index (κ1) is 10.4. The predicted molar refractivity (Wildman–Crippen MR) is 16.4 cm³/mol. The van der Waals surface area contributed by atoms with Crippen molar-refractivity contribution in [3.8, 4) is 0 Å². The third kappa shape index (κ3) is 4.25.